The normalized spacial score (nSPS) is 11.3. The Labute approximate surface area is 137 Å². The number of hydrogen-bond acceptors (Lipinski definition) is 0. The van der Waals surface area contributed by atoms with Crippen LogP contribution in [-0.2, 0) is 27.9 Å². The van der Waals surface area contributed by atoms with Gasteiger partial charge in [-0.2, -0.15) is 44.4 Å². The molecule has 0 saturated carbocycles. The molecule has 0 fully saturated rings. The predicted molar refractivity (Wildman–Crippen MR) is 90.8 cm³/mol. The Morgan fingerprint density at radius 1 is 1.00 bits per heavy atom. The summed E-state index contributed by atoms with van der Waals surface area (Å²) in [5, 5.41) is 1.35. The molecule has 2 heteroatoms. The second kappa shape index (κ2) is 7.60. The molecule has 20 heavy (non-hydrogen) atoms. The van der Waals surface area contributed by atoms with E-state index in [9.17, 15) is 0 Å². The van der Waals surface area contributed by atoms with E-state index in [1.807, 2.05) is 30.3 Å². The number of rotatable bonds is 0. The standard InChI is InChI=1S/C13H22P.C5H5.Fe/c1-12(2,3)9-7-8-10(14)11(9)13(4,5)6;1-2-4-5-3-1;/h7-8H,14H2,1-6H3;1-5H;/q2*-1;+2. The smallest absolute Gasteiger partial charge is 0.214 e. The average Bonchev–Trinajstić information content (AvgIpc) is 2.84. The second-order valence-electron chi connectivity index (χ2n) is 7.04. The van der Waals surface area contributed by atoms with Crippen molar-refractivity contribution in [1.29, 1.82) is 0 Å². The summed E-state index contributed by atoms with van der Waals surface area (Å²) < 4.78 is 0. The van der Waals surface area contributed by atoms with Gasteiger partial charge in [-0.05, 0) is 5.41 Å². The SMILES string of the molecule is CC(C)(C)c1c(P)cc[c-]1C(C)(C)C.[Fe+2].c1cc[cH-]c1. The van der Waals surface area contributed by atoms with Crippen molar-refractivity contribution >= 4 is 14.5 Å². The predicted octanol–water partition coefficient (Wildman–Crippen LogP) is 4.90. The van der Waals surface area contributed by atoms with E-state index >= 15 is 0 Å². The van der Waals surface area contributed by atoms with Crippen LogP contribution in [0.15, 0.2) is 42.5 Å². The van der Waals surface area contributed by atoms with Crippen molar-refractivity contribution in [2.24, 2.45) is 0 Å². The van der Waals surface area contributed by atoms with Crippen molar-refractivity contribution in [3.05, 3.63) is 53.6 Å². The van der Waals surface area contributed by atoms with Gasteiger partial charge in [0.1, 0.15) is 0 Å². The maximum Gasteiger partial charge on any atom is 2.00 e. The minimum atomic E-state index is 0. The van der Waals surface area contributed by atoms with Gasteiger partial charge in [0.15, 0.2) is 0 Å². The maximum atomic E-state index is 2.85. The van der Waals surface area contributed by atoms with E-state index in [1.54, 1.807) is 0 Å². The molecule has 0 spiro atoms. The van der Waals surface area contributed by atoms with E-state index in [2.05, 4.69) is 62.9 Å². The Kier molecular flexibility index (Phi) is 7.47. The van der Waals surface area contributed by atoms with Gasteiger partial charge in [-0.1, -0.05) is 47.0 Å². The van der Waals surface area contributed by atoms with E-state index < -0.39 is 0 Å². The summed E-state index contributed by atoms with van der Waals surface area (Å²) in [6, 6.07) is 14.5. The average molecular weight is 330 g/mol. The van der Waals surface area contributed by atoms with E-state index in [0.717, 1.165) is 0 Å². The summed E-state index contributed by atoms with van der Waals surface area (Å²) in [7, 11) is 2.85. The van der Waals surface area contributed by atoms with E-state index in [1.165, 1.54) is 16.4 Å². The third-order valence-corrected chi connectivity index (χ3v) is 3.58. The summed E-state index contributed by atoms with van der Waals surface area (Å²) in [6.45, 7) is 13.7. The van der Waals surface area contributed by atoms with Crippen LogP contribution in [0.25, 0.3) is 0 Å². The minimum Gasteiger partial charge on any atom is -0.214 e. The summed E-state index contributed by atoms with van der Waals surface area (Å²) in [5.41, 5.74) is 3.46. The summed E-state index contributed by atoms with van der Waals surface area (Å²) >= 11 is 0. The fourth-order valence-electron chi connectivity index (χ4n) is 2.28. The molecule has 0 amide bonds. The van der Waals surface area contributed by atoms with Gasteiger partial charge in [-0.25, -0.2) is 18.2 Å². The molecule has 0 bridgehead atoms. The van der Waals surface area contributed by atoms with Crippen molar-refractivity contribution in [2.45, 2.75) is 52.4 Å². The van der Waals surface area contributed by atoms with Crippen LogP contribution in [-0.4, -0.2) is 0 Å². The molecule has 0 aliphatic heterocycles. The molecule has 0 nitrogen and oxygen atoms in total. The molecule has 0 aliphatic carbocycles. The molecule has 2 rings (SSSR count). The first-order valence-corrected chi connectivity index (χ1v) is 7.44. The topological polar surface area (TPSA) is 0 Å². The molecule has 2 aromatic carbocycles. The molecule has 1 atom stereocenters. The van der Waals surface area contributed by atoms with E-state index in [-0.39, 0.29) is 27.9 Å². The quantitative estimate of drug-likeness (QED) is 0.366. The largest absolute Gasteiger partial charge is 2.00 e. The van der Waals surface area contributed by atoms with E-state index in [0.29, 0.717) is 0 Å². The second-order valence-corrected chi connectivity index (χ2v) is 7.66. The molecule has 0 aliphatic rings. The minimum absolute atomic E-state index is 0. The van der Waals surface area contributed by atoms with Gasteiger partial charge in [-0.15, -0.1) is 5.56 Å². The van der Waals surface area contributed by atoms with Crippen molar-refractivity contribution in [3.8, 4) is 0 Å². The molecule has 0 aromatic heterocycles. The van der Waals surface area contributed by atoms with Crippen molar-refractivity contribution in [3.63, 3.8) is 0 Å². The zero-order valence-electron chi connectivity index (χ0n) is 13.5. The first-order chi connectivity index (χ1) is 8.64. The number of hydrogen-bond donors (Lipinski definition) is 0. The van der Waals surface area contributed by atoms with Gasteiger partial charge >= 0.3 is 17.1 Å². The van der Waals surface area contributed by atoms with Crippen molar-refractivity contribution in [1.82, 2.24) is 0 Å². The third kappa shape index (κ3) is 5.57. The molecular formula is C18H27FeP. The van der Waals surface area contributed by atoms with Crippen LogP contribution in [0.5, 0.6) is 0 Å². The van der Waals surface area contributed by atoms with Gasteiger partial charge in [0.2, 0.25) is 0 Å². The third-order valence-electron chi connectivity index (χ3n) is 3.10. The monoisotopic (exact) mass is 330 g/mol. The maximum absolute atomic E-state index is 2.85. The zero-order chi connectivity index (χ0) is 14.7. The van der Waals surface area contributed by atoms with Crippen LogP contribution in [0.2, 0.25) is 0 Å². The van der Waals surface area contributed by atoms with Crippen LogP contribution >= 0.6 is 9.24 Å². The van der Waals surface area contributed by atoms with Gasteiger partial charge in [0.05, 0.1) is 0 Å². The Bertz CT molecular complexity index is 461. The van der Waals surface area contributed by atoms with Crippen molar-refractivity contribution < 1.29 is 17.1 Å². The molecule has 0 heterocycles. The molecule has 2 aromatic rings. The Morgan fingerprint density at radius 3 is 1.75 bits per heavy atom. The summed E-state index contributed by atoms with van der Waals surface area (Å²) in [5.74, 6) is 0. The molecule has 0 N–H and O–H groups in total. The fourth-order valence-corrected chi connectivity index (χ4v) is 2.96. The zero-order valence-corrected chi connectivity index (χ0v) is 15.7. The van der Waals surface area contributed by atoms with Crippen LogP contribution in [0.3, 0.4) is 0 Å². The Morgan fingerprint density at radius 2 is 1.50 bits per heavy atom. The molecule has 1 unspecified atom stereocenters. The van der Waals surface area contributed by atoms with Gasteiger partial charge in [0, 0.05) is 0 Å². The van der Waals surface area contributed by atoms with Gasteiger partial charge in [-0.3, -0.25) is 0 Å². The van der Waals surface area contributed by atoms with Crippen molar-refractivity contribution in [2.75, 3.05) is 0 Å². The summed E-state index contributed by atoms with van der Waals surface area (Å²) in [6.07, 6.45) is 0. The van der Waals surface area contributed by atoms with Gasteiger partial charge in [0.25, 0.3) is 0 Å². The van der Waals surface area contributed by atoms with E-state index in [4.69, 9.17) is 0 Å². The Hall–Kier alpha value is -0.351. The van der Waals surface area contributed by atoms with Gasteiger partial charge < -0.3 is 0 Å². The fraction of sp³-hybridized carbons (Fsp3) is 0.444. The Balaban J connectivity index is 0.000000507. The summed E-state index contributed by atoms with van der Waals surface area (Å²) in [4.78, 5) is 0. The molecule has 112 valence electrons. The van der Waals surface area contributed by atoms with Crippen LogP contribution in [0.1, 0.15) is 52.7 Å². The molecule has 0 saturated heterocycles. The van der Waals surface area contributed by atoms with Crippen LogP contribution in [0.4, 0.5) is 0 Å². The van der Waals surface area contributed by atoms with Crippen LogP contribution < -0.4 is 5.30 Å². The molecular weight excluding hydrogens is 303 g/mol. The first kappa shape index (κ1) is 19.6. The first-order valence-electron chi connectivity index (χ1n) is 6.87. The van der Waals surface area contributed by atoms with Crippen LogP contribution in [0, 0.1) is 0 Å². The molecule has 0 radical (unpaired) electrons.